The molecule has 0 heterocycles. The number of hydrogen-bond acceptors (Lipinski definition) is 3. The van der Waals surface area contributed by atoms with Crippen molar-refractivity contribution in [3.05, 3.63) is 63.1 Å². The first-order valence-corrected chi connectivity index (χ1v) is 11.1. The lowest BCUT2D eigenvalue weighted by Crippen LogP contribution is -2.32. The molecule has 146 valence electrons. The summed E-state index contributed by atoms with van der Waals surface area (Å²) in [4.78, 5) is 12.0. The molecule has 0 saturated heterocycles. The van der Waals surface area contributed by atoms with Crippen molar-refractivity contribution in [1.29, 1.82) is 0 Å². The zero-order valence-corrected chi connectivity index (χ0v) is 17.7. The normalized spacial score (nSPS) is 11.3. The number of amides is 1. The summed E-state index contributed by atoms with van der Waals surface area (Å²) < 4.78 is 25.3. The zero-order valence-electron chi connectivity index (χ0n) is 14.6. The molecule has 1 N–H and O–H groups in total. The van der Waals surface area contributed by atoms with E-state index in [-0.39, 0.29) is 25.4 Å². The Labute approximate surface area is 174 Å². The van der Waals surface area contributed by atoms with Crippen LogP contribution in [0.2, 0.25) is 15.1 Å². The molecule has 0 fully saturated rings. The van der Waals surface area contributed by atoms with Crippen molar-refractivity contribution in [2.45, 2.75) is 19.4 Å². The van der Waals surface area contributed by atoms with Gasteiger partial charge in [-0.2, -0.15) is 0 Å². The van der Waals surface area contributed by atoms with Gasteiger partial charge in [-0.1, -0.05) is 46.9 Å². The Morgan fingerprint density at radius 1 is 1.07 bits per heavy atom. The van der Waals surface area contributed by atoms with Gasteiger partial charge in [-0.25, -0.2) is 8.42 Å². The number of halogens is 3. The molecule has 0 aromatic heterocycles. The minimum Gasteiger partial charge on any atom is -0.352 e. The van der Waals surface area contributed by atoms with Gasteiger partial charge >= 0.3 is 0 Å². The molecule has 0 atom stereocenters. The van der Waals surface area contributed by atoms with E-state index >= 15 is 0 Å². The summed E-state index contributed by atoms with van der Waals surface area (Å²) in [5, 5.41) is 4.21. The number of rotatable bonds is 8. The molecule has 2 aromatic rings. The number of carbonyl (C=O) groups excluding carboxylic acids is 1. The van der Waals surface area contributed by atoms with E-state index in [1.807, 2.05) is 0 Å². The SMILES string of the molecule is CS(=O)(=O)N(CCCC(=O)NCc1ccc(Cl)cc1Cl)c1cccc(Cl)c1. The molecule has 0 saturated carbocycles. The van der Waals surface area contributed by atoms with Crippen LogP contribution >= 0.6 is 34.8 Å². The molecule has 0 aliphatic rings. The number of hydrogen-bond donors (Lipinski definition) is 1. The number of nitrogens with zero attached hydrogens (tertiary/aromatic N) is 1. The van der Waals surface area contributed by atoms with Crippen LogP contribution in [0.4, 0.5) is 5.69 Å². The van der Waals surface area contributed by atoms with Gasteiger partial charge in [-0.3, -0.25) is 9.10 Å². The van der Waals surface area contributed by atoms with Gasteiger partial charge in [-0.15, -0.1) is 0 Å². The van der Waals surface area contributed by atoms with Crippen LogP contribution in [0.5, 0.6) is 0 Å². The van der Waals surface area contributed by atoms with Crippen LogP contribution in [-0.4, -0.2) is 27.1 Å². The van der Waals surface area contributed by atoms with Crippen LogP contribution in [0.25, 0.3) is 0 Å². The predicted octanol–water partition coefficient (Wildman–Crippen LogP) is 4.51. The second-order valence-electron chi connectivity index (χ2n) is 5.93. The second kappa shape index (κ2) is 9.64. The average molecular weight is 450 g/mol. The lowest BCUT2D eigenvalue weighted by atomic mass is 10.2. The maximum Gasteiger partial charge on any atom is 0.232 e. The third-order valence-corrected chi connectivity index (χ3v) is 5.77. The topological polar surface area (TPSA) is 66.5 Å². The smallest absolute Gasteiger partial charge is 0.232 e. The van der Waals surface area contributed by atoms with E-state index in [4.69, 9.17) is 34.8 Å². The highest BCUT2D eigenvalue weighted by Gasteiger charge is 2.17. The van der Waals surface area contributed by atoms with E-state index in [9.17, 15) is 13.2 Å². The van der Waals surface area contributed by atoms with Crippen LogP contribution in [0.15, 0.2) is 42.5 Å². The van der Waals surface area contributed by atoms with E-state index in [0.29, 0.717) is 27.2 Å². The molecular weight excluding hydrogens is 431 g/mol. The fourth-order valence-corrected chi connectivity index (χ4v) is 4.07. The van der Waals surface area contributed by atoms with Gasteiger partial charge in [0.25, 0.3) is 0 Å². The first kappa shape index (κ1) is 21.8. The summed E-state index contributed by atoms with van der Waals surface area (Å²) >= 11 is 17.9. The van der Waals surface area contributed by atoms with Gasteiger partial charge in [0.05, 0.1) is 11.9 Å². The van der Waals surface area contributed by atoms with Gasteiger partial charge in [0.1, 0.15) is 0 Å². The molecule has 5 nitrogen and oxygen atoms in total. The van der Waals surface area contributed by atoms with E-state index in [1.54, 1.807) is 42.5 Å². The predicted molar refractivity (Wildman–Crippen MR) is 111 cm³/mol. The molecule has 0 radical (unpaired) electrons. The van der Waals surface area contributed by atoms with Crippen molar-refractivity contribution in [3.8, 4) is 0 Å². The van der Waals surface area contributed by atoms with Crippen molar-refractivity contribution < 1.29 is 13.2 Å². The Morgan fingerprint density at radius 2 is 1.78 bits per heavy atom. The number of sulfonamides is 1. The first-order valence-electron chi connectivity index (χ1n) is 8.11. The zero-order chi connectivity index (χ0) is 20.0. The Balaban J connectivity index is 1.89. The quantitative estimate of drug-likeness (QED) is 0.645. The van der Waals surface area contributed by atoms with Crippen molar-refractivity contribution in [2.75, 3.05) is 17.1 Å². The third-order valence-electron chi connectivity index (χ3n) is 3.75. The van der Waals surface area contributed by atoms with Gasteiger partial charge < -0.3 is 5.32 Å². The molecule has 2 aromatic carbocycles. The monoisotopic (exact) mass is 448 g/mol. The third kappa shape index (κ3) is 6.88. The second-order valence-corrected chi connectivity index (χ2v) is 9.12. The molecule has 1 amide bonds. The Hall–Kier alpha value is -1.47. The summed E-state index contributed by atoms with van der Waals surface area (Å²) in [5.41, 5.74) is 1.23. The highest BCUT2D eigenvalue weighted by atomic mass is 35.5. The van der Waals surface area contributed by atoms with E-state index in [1.165, 1.54) is 4.31 Å². The lowest BCUT2D eigenvalue weighted by molar-refractivity contribution is -0.121. The average Bonchev–Trinajstić information content (AvgIpc) is 2.56. The minimum absolute atomic E-state index is 0.175. The van der Waals surface area contributed by atoms with Gasteiger partial charge in [0.2, 0.25) is 15.9 Å². The van der Waals surface area contributed by atoms with Crippen molar-refractivity contribution >= 4 is 56.4 Å². The van der Waals surface area contributed by atoms with Crippen LogP contribution < -0.4 is 9.62 Å². The molecule has 0 aliphatic heterocycles. The summed E-state index contributed by atoms with van der Waals surface area (Å²) in [6.45, 7) is 0.452. The van der Waals surface area contributed by atoms with Crippen LogP contribution in [0, 0.1) is 0 Å². The van der Waals surface area contributed by atoms with Crippen molar-refractivity contribution in [1.82, 2.24) is 5.32 Å². The molecule has 0 aliphatic carbocycles. The van der Waals surface area contributed by atoms with Gasteiger partial charge in [0, 0.05) is 34.6 Å². The summed E-state index contributed by atoms with van der Waals surface area (Å²) in [7, 11) is -3.48. The summed E-state index contributed by atoms with van der Waals surface area (Å²) in [6.07, 6.45) is 1.66. The van der Waals surface area contributed by atoms with E-state index in [0.717, 1.165) is 11.8 Å². The Kier molecular flexibility index (Phi) is 7.79. The summed E-state index contributed by atoms with van der Waals surface area (Å²) in [5.74, 6) is -0.194. The number of anilines is 1. The number of carbonyl (C=O) groups is 1. The van der Waals surface area contributed by atoms with Crippen molar-refractivity contribution in [3.63, 3.8) is 0 Å². The number of nitrogens with one attached hydrogen (secondary N) is 1. The fraction of sp³-hybridized carbons (Fsp3) is 0.278. The molecular formula is C18H19Cl3N2O3S. The van der Waals surface area contributed by atoms with Gasteiger partial charge in [-0.05, 0) is 42.3 Å². The van der Waals surface area contributed by atoms with E-state index < -0.39 is 10.0 Å². The summed E-state index contributed by atoms with van der Waals surface area (Å²) in [6, 6.07) is 11.6. The highest BCUT2D eigenvalue weighted by Crippen LogP contribution is 2.23. The fourth-order valence-electron chi connectivity index (χ4n) is 2.45. The van der Waals surface area contributed by atoms with Crippen LogP contribution in [0.1, 0.15) is 18.4 Å². The van der Waals surface area contributed by atoms with Crippen LogP contribution in [-0.2, 0) is 21.4 Å². The molecule has 0 bridgehead atoms. The lowest BCUT2D eigenvalue weighted by Gasteiger charge is -2.22. The van der Waals surface area contributed by atoms with Crippen LogP contribution in [0.3, 0.4) is 0 Å². The molecule has 2 rings (SSSR count). The Bertz CT molecular complexity index is 920. The van der Waals surface area contributed by atoms with Crippen molar-refractivity contribution in [2.24, 2.45) is 0 Å². The molecule has 0 unspecified atom stereocenters. The highest BCUT2D eigenvalue weighted by molar-refractivity contribution is 7.92. The molecule has 0 spiro atoms. The molecule has 9 heteroatoms. The molecule has 27 heavy (non-hydrogen) atoms. The van der Waals surface area contributed by atoms with E-state index in [2.05, 4.69) is 5.32 Å². The minimum atomic E-state index is -3.48. The number of benzene rings is 2. The maximum atomic E-state index is 12.1. The standard InChI is InChI=1S/C18H19Cl3N2O3S/c1-27(25,26)23(16-5-2-4-14(19)10-16)9-3-6-18(24)22-12-13-7-8-15(20)11-17(13)21/h2,4-5,7-8,10-11H,3,6,9,12H2,1H3,(H,22,24). The maximum absolute atomic E-state index is 12.1. The Morgan fingerprint density at radius 3 is 2.41 bits per heavy atom. The largest absolute Gasteiger partial charge is 0.352 e. The van der Waals surface area contributed by atoms with Gasteiger partial charge in [0.15, 0.2) is 0 Å². The first-order chi connectivity index (χ1) is 12.7.